The molecule has 0 bridgehead atoms. The molecule has 2 N–H and O–H groups in total. The number of nitrogens with two attached hydrogens (primary N) is 1. The van der Waals surface area contributed by atoms with Crippen LogP contribution in [0.15, 0.2) is 36.5 Å². The Bertz CT molecular complexity index is 658. The Balaban J connectivity index is 2.29. The van der Waals surface area contributed by atoms with Crippen molar-refractivity contribution in [1.82, 2.24) is 4.98 Å². The highest BCUT2D eigenvalue weighted by atomic mass is 16.6. The van der Waals surface area contributed by atoms with Crippen LogP contribution >= 0.6 is 0 Å². The number of hydrogen-bond donors (Lipinski definition) is 1. The van der Waals surface area contributed by atoms with Crippen molar-refractivity contribution in [2.24, 2.45) is 5.73 Å². The zero-order valence-electron chi connectivity index (χ0n) is 11.6. The van der Waals surface area contributed by atoms with Crippen LogP contribution in [0.4, 0.5) is 5.69 Å². The van der Waals surface area contributed by atoms with Crippen LogP contribution in [0.3, 0.4) is 0 Å². The van der Waals surface area contributed by atoms with Crippen molar-refractivity contribution in [1.29, 1.82) is 0 Å². The maximum atomic E-state index is 11.0. The van der Waals surface area contributed by atoms with Crippen molar-refractivity contribution < 1.29 is 14.4 Å². The van der Waals surface area contributed by atoms with Crippen molar-refractivity contribution in [2.75, 3.05) is 7.11 Å². The van der Waals surface area contributed by atoms with E-state index in [1.165, 1.54) is 19.2 Å². The van der Waals surface area contributed by atoms with Gasteiger partial charge in [0.15, 0.2) is 5.75 Å². The molecular weight excluding hydrogens is 274 g/mol. The highest BCUT2D eigenvalue weighted by molar-refractivity contribution is 5.51. The topological polar surface area (TPSA) is 101 Å². The number of pyridine rings is 1. The molecule has 0 saturated carbocycles. The summed E-state index contributed by atoms with van der Waals surface area (Å²) in [6, 6.07) is 7.67. The quantitative estimate of drug-likeness (QED) is 0.671. The third kappa shape index (κ3) is 3.46. The van der Waals surface area contributed by atoms with Gasteiger partial charge in [-0.15, -0.1) is 0 Å². The van der Waals surface area contributed by atoms with Crippen LogP contribution in [-0.4, -0.2) is 17.0 Å². The SMILES string of the molecule is COc1ccc(Oc2cc([C@@H](C)N)ccn2)cc1[N+](=O)[O-]. The second kappa shape index (κ2) is 6.19. The van der Waals surface area contributed by atoms with Gasteiger partial charge in [-0.3, -0.25) is 10.1 Å². The molecule has 110 valence electrons. The van der Waals surface area contributed by atoms with Gasteiger partial charge in [-0.25, -0.2) is 4.98 Å². The van der Waals surface area contributed by atoms with Gasteiger partial charge >= 0.3 is 5.69 Å². The molecule has 7 heteroatoms. The van der Waals surface area contributed by atoms with E-state index in [2.05, 4.69) is 4.98 Å². The lowest BCUT2D eigenvalue weighted by Crippen LogP contribution is -2.05. The summed E-state index contributed by atoms with van der Waals surface area (Å²) in [6.45, 7) is 1.84. The largest absolute Gasteiger partial charge is 0.490 e. The first-order valence-electron chi connectivity index (χ1n) is 6.23. The summed E-state index contributed by atoms with van der Waals surface area (Å²) >= 11 is 0. The molecule has 1 atom stereocenters. The van der Waals surface area contributed by atoms with Crippen LogP contribution in [0.2, 0.25) is 0 Å². The third-order valence-electron chi connectivity index (χ3n) is 2.85. The maximum absolute atomic E-state index is 11.0. The summed E-state index contributed by atoms with van der Waals surface area (Å²) in [5.74, 6) is 0.797. The fourth-order valence-corrected chi connectivity index (χ4v) is 1.76. The van der Waals surface area contributed by atoms with E-state index in [9.17, 15) is 10.1 Å². The molecule has 0 fully saturated rings. The Hall–Kier alpha value is -2.67. The minimum atomic E-state index is -0.530. The number of nitro benzene ring substituents is 1. The first kappa shape index (κ1) is 14.7. The van der Waals surface area contributed by atoms with Crippen LogP contribution in [0.25, 0.3) is 0 Å². The minimum Gasteiger partial charge on any atom is -0.490 e. The standard InChI is InChI=1S/C14H15N3O4/c1-9(15)10-5-6-16-14(7-10)21-11-3-4-13(20-2)12(8-11)17(18)19/h3-9H,15H2,1-2H3/t9-/m1/s1. The van der Waals surface area contributed by atoms with Crippen molar-refractivity contribution in [3.63, 3.8) is 0 Å². The van der Waals surface area contributed by atoms with Crippen molar-refractivity contribution in [2.45, 2.75) is 13.0 Å². The molecule has 1 aromatic heterocycles. The van der Waals surface area contributed by atoms with Gasteiger partial charge in [0.2, 0.25) is 5.88 Å². The fourth-order valence-electron chi connectivity index (χ4n) is 1.76. The van der Waals surface area contributed by atoms with E-state index >= 15 is 0 Å². The maximum Gasteiger partial charge on any atom is 0.314 e. The zero-order chi connectivity index (χ0) is 15.4. The van der Waals surface area contributed by atoms with Crippen LogP contribution in [0.5, 0.6) is 17.4 Å². The molecule has 1 heterocycles. The lowest BCUT2D eigenvalue weighted by atomic mass is 10.1. The molecule has 0 radical (unpaired) electrons. The number of nitro groups is 1. The highest BCUT2D eigenvalue weighted by Crippen LogP contribution is 2.32. The average molecular weight is 289 g/mol. The monoisotopic (exact) mass is 289 g/mol. The van der Waals surface area contributed by atoms with E-state index in [1.54, 1.807) is 24.4 Å². The molecule has 0 unspecified atom stereocenters. The second-order valence-corrected chi connectivity index (χ2v) is 4.41. The molecule has 7 nitrogen and oxygen atoms in total. The Kier molecular flexibility index (Phi) is 4.34. The molecular formula is C14H15N3O4. The van der Waals surface area contributed by atoms with Gasteiger partial charge in [0.25, 0.3) is 0 Å². The first-order chi connectivity index (χ1) is 10.0. The lowest BCUT2D eigenvalue weighted by Gasteiger charge is -2.09. The molecule has 21 heavy (non-hydrogen) atoms. The van der Waals surface area contributed by atoms with E-state index in [4.69, 9.17) is 15.2 Å². The lowest BCUT2D eigenvalue weighted by molar-refractivity contribution is -0.385. The van der Waals surface area contributed by atoms with E-state index in [1.807, 2.05) is 6.92 Å². The molecule has 0 aliphatic rings. The van der Waals surface area contributed by atoms with Gasteiger partial charge in [-0.2, -0.15) is 0 Å². The smallest absolute Gasteiger partial charge is 0.314 e. The number of methoxy groups -OCH3 is 1. The van der Waals surface area contributed by atoms with Crippen LogP contribution in [-0.2, 0) is 0 Å². The van der Waals surface area contributed by atoms with Crippen LogP contribution < -0.4 is 15.2 Å². The summed E-state index contributed by atoms with van der Waals surface area (Å²) in [5.41, 5.74) is 6.48. The third-order valence-corrected chi connectivity index (χ3v) is 2.85. The molecule has 0 spiro atoms. The minimum absolute atomic E-state index is 0.152. The first-order valence-corrected chi connectivity index (χ1v) is 6.23. The van der Waals surface area contributed by atoms with Gasteiger partial charge in [-0.05, 0) is 30.7 Å². The molecule has 2 rings (SSSR count). The zero-order valence-corrected chi connectivity index (χ0v) is 11.6. The molecule has 2 aromatic rings. The van der Waals surface area contributed by atoms with Crippen molar-refractivity contribution in [3.8, 4) is 17.4 Å². The normalized spacial score (nSPS) is 11.8. The number of nitrogens with zero attached hydrogens (tertiary/aromatic N) is 2. The molecule has 0 aliphatic heterocycles. The van der Waals surface area contributed by atoms with Crippen LogP contribution in [0.1, 0.15) is 18.5 Å². The summed E-state index contributed by atoms with van der Waals surface area (Å²) in [6.07, 6.45) is 1.58. The van der Waals surface area contributed by atoms with Gasteiger partial charge in [-0.1, -0.05) is 0 Å². The molecule has 1 aromatic carbocycles. The predicted molar refractivity (Wildman–Crippen MR) is 76.6 cm³/mol. The van der Waals surface area contributed by atoms with Gasteiger partial charge in [0.1, 0.15) is 5.75 Å². The van der Waals surface area contributed by atoms with E-state index in [-0.39, 0.29) is 17.5 Å². The summed E-state index contributed by atoms with van der Waals surface area (Å²) in [4.78, 5) is 14.5. The second-order valence-electron chi connectivity index (χ2n) is 4.41. The van der Waals surface area contributed by atoms with Gasteiger partial charge in [0.05, 0.1) is 18.1 Å². The number of rotatable bonds is 5. The van der Waals surface area contributed by atoms with Crippen LogP contribution in [0, 0.1) is 10.1 Å². The Morgan fingerprint density at radius 1 is 1.33 bits per heavy atom. The number of ether oxygens (including phenoxy) is 2. The van der Waals surface area contributed by atoms with E-state index in [0.717, 1.165) is 5.56 Å². The number of benzene rings is 1. The predicted octanol–water partition coefficient (Wildman–Crippen LogP) is 2.81. The Labute approximate surface area is 121 Å². The summed E-state index contributed by atoms with van der Waals surface area (Å²) in [7, 11) is 1.37. The number of aromatic nitrogens is 1. The molecule has 0 saturated heterocycles. The van der Waals surface area contributed by atoms with E-state index < -0.39 is 4.92 Å². The van der Waals surface area contributed by atoms with Gasteiger partial charge < -0.3 is 15.2 Å². The van der Waals surface area contributed by atoms with Gasteiger partial charge in [0, 0.05) is 18.3 Å². The van der Waals surface area contributed by atoms with Crippen molar-refractivity contribution in [3.05, 3.63) is 52.2 Å². The van der Waals surface area contributed by atoms with E-state index in [0.29, 0.717) is 11.6 Å². The molecule has 0 aliphatic carbocycles. The highest BCUT2D eigenvalue weighted by Gasteiger charge is 2.16. The molecule has 0 amide bonds. The number of hydrogen-bond acceptors (Lipinski definition) is 6. The fraction of sp³-hybridized carbons (Fsp3) is 0.214. The Morgan fingerprint density at radius 2 is 2.10 bits per heavy atom. The summed E-state index contributed by atoms with van der Waals surface area (Å²) in [5, 5.41) is 11.0. The summed E-state index contributed by atoms with van der Waals surface area (Å²) < 4.78 is 10.5. The Morgan fingerprint density at radius 3 is 2.71 bits per heavy atom. The average Bonchev–Trinajstić information content (AvgIpc) is 2.47. The van der Waals surface area contributed by atoms with Crippen molar-refractivity contribution >= 4 is 5.69 Å².